The Hall–Kier alpha value is -8.70. The van der Waals surface area contributed by atoms with Gasteiger partial charge in [-0.05, 0) is 131 Å². The summed E-state index contributed by atoms with van der Waals surface area (Å²) in [6, 6.07) is 21.1. The summed E-state index contributed by atoms with van der Waals surface area (Å²) in [6.07, 6.45) is -8.32. The van der Waals surface area contributed by atoms with Crippen molar-refractivity contribution in [3.63, 3.8) is 0 Å². The number of nitrogens with one attached hydrogen (secondary N) is 2. The first kappa shape index (κ1) is 57.0. The highest BCUT2D eigenvalue weighted by atomic mass is 19.4. The molecule has 17 nitrogen and oxygen atoms in total. The summed E-state index contributed by atoms with van der Waals surface area (Å²) in [5.41, 5.74) is -0.901. The molecule has 0 radical (unpaired) electrons. The SMILES string of the molecule is CC(C)(C)OC(=O)CN1CCC(C(=O)N(CCCN2CC3=C(C2=O)[C@@H](c2ccc(C#N)cc2)NC(=O)N3c2cccc(C(F)(F)F)c2)CCCN2CC3=C(C2=O)[C@@H](c2ccc(C#N)cc2)NC(=O)N3c2cccc(C(F)(F)F)c2)CC1. The van der Waals surface area contributed by atoms with E-state index in [0.717, 1.165) is 46.2 Å². The van der Waals surface area contributed by atoms with Crippen molar-refractivity contribution in [2.24, 2.45) is 5.92 Å². The first-order chi connectivity index (χ1) is 38.4. The van der Waals surface area contributed by atoms with Gasteiger partial charge in [0.25, 0.3) is 11.8 Å². The van der Waals surface area contributed by atoms with Crippen molar-refractivity contribution in [3.8, 4) is 12.1 Å². The summed E-state index contributed by atoms with van der Waals surface area (Å²) >= 11 is 0. The highest BCUT2D eigenvalue weighted by molar-refractivity contribution is 6.08. The second-order valence-corrected chi connectivity index (χ2v) is 21.3. The average Bonchev–Trinajstić information content (AvgIpc) is 3.74. The number of piperidine rings is 1. The Morgan fingerprint density at radius 2 is 1.06 bits per heavy atom. The van der Waals surface area contributed by atoms with E-state index in [2.05, 4.69) is 10.6 Å². The van der Waals surface area contributed by atoms with Gasteiger partial charge in [-0.3, -0.25) is 33.9 Å². The number of hydrogen-bond donors (Lipinski definition) is 2. The van der Waals surface area contributed by atoms with Gasteiger partial charge in [0.2, 0.25) is 5.91 Å². The number of esters is 1. The molecule has 5 aliphatic heterocycles. The lowest BCUT2D eigenvalue weighted by atomic mass is 9.94. The largest absolute Gasteiger partial charge is 0.459 e. The van der Waals surface area contributed by atoms with Gasteiger partial charge in [-0.25, -0.2) is 9.59 Å². The van der Waals surface area contributed by atoms with Crippen LogP contribution in [0.3, 0.4) is 0 Å². The summed E-state index contributed by atoms with van der Waals surface area (Å²) in [5.74, 6) is -2.14. The number of carbonyl (C=O) groups is 6. The lowest BCUT2D eigenvalue weighted by molar-refractivity contribution is -0.156. The van der Waals surface area contributed by atoms with Gasteiger partial charge < -0.3 is 30.1 Å². The number of anilines is 2. The predicted molar refractivity (Wildman–Crippen MR) is 281 cm³/mol. The van der Waals surface area contributed by atoms with Gasteiger partial charge in [0, 0.05) is 32.1 Å². The number of alkyl halides is 6. The summed E-state index contributed by atoms with van der Waals surface area (Å²) in [7, 11) is 0. The molecular weight excluding hydrogens is 1060 g/mol. The van der Waals surface area contributed by atoms with Crippen LogP contribution in [-0.4, -0.2) is 120 Å². The first-order valence-corrected chi connectivity index (χ1v) is 26.3. The van der Waals surface area contributed by atoms with Gasteiger partial charge in [-0.1, -0.05) is 36.4 Å². The number of benzene rings is 4. The summed E-state index contributed by atoms with van der Waals surface area (Å²) in [4.78, 5) is 93.1. The van der Waals surface area contributed by atoms with E-state index in [1.54, 1.807) is 49.9 Å². The lowest BCUT2D eigenvalue weighted by Gasteiger charge is -2.34. The third-order valence-electron chi connectivity index (χ3n) is 14.7. The van der Waals surface area contributed by atoms with Crippen molar-refractivity contribution < 1.29 is 59.8 Å². The Morgan fingerprint density at radius 1 is 0.642 bits per heavy atom. The zero-order chi connectivity index (χ0) is 58.1. The number of nitriles is 2. The van der Waals surface area contributed by atoms with Crippen LogP contribution in [-0.2, 0) is 36.3 Å². The maximum absolute atomic E-state index is 14.7. The average molecular weight is 1120 g/mol. The standard InChI is InChI=1S/C58H56F6N10O7/c1-56(2,3)81-46(75)34-69-26-20-39(21-27-69)51(76)70(22-6-24-71-32-44-47(52(71)77)49(37-16-12-35(30-65)13-17-37)67-54(79)73(44)42-10-4-8-40(28-42)57(59,60)61)23-7-25-72-33-45-48(53(72)78)50(38-18-14-36(31-66)15-19-38)68-55(80)74(45)43-11-5-9-41(29-43)58(62,63)64/h4-5,8-19,28-29,39,49-50H,6-7,20-27,32-34H2,1-3H3,(H,67,79)(H,68,80)/t49-,50-/m1/s1. The monoisotopic (exact) mass is 1120 g/mol. The second kappa shape index (κ2) is 22.8. The molecule has 0 aromatic heterocycles. The van der Waals surface area contributed by atoms with Gasteiger partial charge in [-0.2, -0.15) is 36.9 Å². The molecule has 4 aromatic carbocycles. The number of likely N-dealkylation sites (tertiary alicyclic amines) is 1. The van der Waals surface area contributed by atoms with E-state index in [4.69, 9.17) is 4.74 Å². The number of rotatable bonds is 15. The Morgan fingerprint density at radius 3 is 1.44 bits per heavy atom. The first-order valence-electron chi connectivity index (χ1n) is 26.3. The molecule has 7 amide bonds. The Bertz CT molecular complexity index is 3110. The van der Waals surface area contributed by atoms with Gasteiger partial charge in [0.15, 0.2) is 0 Å². The molecule has 0 aliphatic carbocycles. The lowest BCUT2D eigenvalue weighted by Crippen LogP contribution is -2.47. The Balaban J connectivity index is 0.948. The maximum atomic E-state index is 14.7. The molecule has 1 saturated heterocycles. The molecule has 5 heterocycles. The molecular formula is C58H56F6N10O7. The highest BCUT2D eigenvalue weighted by Gasteiger charge is 2.47. The summed E-state index contributed by atoms with van der Waals surface area (Å²) in [6.45, 7) is 6.02. The fourth-order valence-corrected chi connectivity index (χ4v) is 10.9. The molecule has 9 rings (SSSR count). The van der Waals surface area contributed by atoms with E-state index >= 15 is 0 Å². The van der Waals surface area contributed by atoms with Crippen molar-refractivity contribution in [3.05, 3.63) is 153 Å². The molecule has 0 unspecified atom stereocenters. The van der Waals surface area contributed by atoms with Gasteiger partial charge >= 0.3 is 30.4 Å². The van der Waals surface area contributed by atoms with E-state index in [-0.39, 0.29) is 98.5 Å². The van der Waals surface area contributed by atoms with Gasteiger partial charge in [0.1, 0.15) is 5.60 Å². The van der Waals surface area contributed by atoms with Crippen LogP contribution in [0.5, 0.6) is 0 Å². The van der Waals surface area contributed by atoms with E-state index in [9.17, 15) is 65.6 Å². The number of amides is 7. The molecule has 5 aliphatic rings. The maximum Gasteiger partial charge on any atom is 0.416 e. The predicted octanol–water partition coefficient (Wildman–Crippen LogP) is 8.56. The molecule has 0 spiro atoms. The van der Waals surface area contributed by atoms with Crippen molar-refractivity contribution >= 4 is 47.1 Å². The zero-order valence-corrected chi connectivity index (χ0v) is 44.4. The second-order valence-electron chi connectivity index (χ2n) is 21.3. The number of urea groups is 2. The fourth-order valence-electron chi connectivity index (χ4n) is 10.9. The summed E-state index contributed by atoms with van der Waals surface area (Å²) in [5, 5.41) is 24.5. The zero-order valence-electron chi connectivity index (χ0n) is 44.4. The molecule has 2 N–H and O–H groups in total. The number of hydrogen-bond acceptors (Lipinski definition) is 10. The van der Waals surface area contributed by atoms with Crippen LogP contribution in [0.2, 0.25) is 0 Å². The van der Waals surface area contributed by atoms with Crippen LogP contribution in [0.4, 0.5) is 47.3 Å². The summed E-state index contributed by atoms with van der Waals surface area (Å²) < 4.78 is 89.4. The van der Waals surface area contributed by atoms with Crippen LogP contribution in [0.1, 0.15) is 91.9 Å². The minimum absolute atomic E-state index is 0.0268. The Kier molecular flexibility index (Phi) is 16.0. The smallest absolute Gasteiger partial charge is 0.416 e. The molecule has 0 saturated carbocycles. The van der Waals surface area contributed by atoms with Crippen molar-refractivity contribution in [2.45, 2.75) is 76.5 Å². The van der Waals surface area contributed by atoms with Gasteiger partial charge in [-0.15, -0.1) is 0 Å². The van der Waals surface area contributed by atoms with Crippen molar-refractivity contribution in [1.29, 1.82) is 10.5 Å². The van der Waals surface area contributed by atoms with E-state index in [1.807, 2.05) is 17.0 Å². The van der Waals surface area contributed by atoms with Crippen molar-refractivity contribution in [2.75, 3.05) is 68.7 Å². The van der Waals surface area contributed by atoms with Crippen LogP contribution < -0.4 is 20.4 Å². The van der Waals surface area contributed by atoms with Crippen LogP contribution >= 0.6 is 0 Å². The third kappa shape index (κ3) is 12.4. The number of halogens is 6. The van der Waals surface area contributed by atoms with E-state index in [1.165, 1.54) is 46.2 Å². The van der Waals surface area contributed by atoms with Crippen LogP contribution in [0.25, 0.3) is 0 Å². The molecule has 23 heteroatoms. The number of nitrogens with zero attached hydrogens (tertiary/aromatic N) is 8. The van der Waals surface area contributed by atoms with E-state index < -0.39 is 76.9 Å². The van der Waals surface area contributed by atoms with Crippen LogP contribution in [0, 0.1) is 28.6 Å². The highest BCUT2D eigenvalue weighted by Crippen LogP contribution is 2.43. The minimum Gasteiger partial charge on any atom is -0.459 e. The molecule has 2 atom stereocenters. The quantitative estimate of drug-likeness (QED) is 0.0858. The van der Waals surface area contributed by atoms with Gasteiger partial charge in [0.05, 0.1) is 100 Å². The number of carbonyl (C=O) groups excluding carboxylic acids is 6. The minimum atomic E-state index is -4.74. The Labute approximate surface area is 462 Å². The third-order valence-corrected chi connectivity index (χ3v) is 14.7. The fraction of sp³-hybridized carbons (Fsp3) is 0.379. The molecule has 4 aromatic rings. The normalized spacial score (nSPS) is 19.0. The van der Waals surface area contributed by atoms with Crippen LogP contribution in [0.15, 0.2) is 120 Å². The molecule has 81 heavy (non-hydrogen) atoms. The molecule has 0 bridgehead atoms. The van der Waals surface area contributed by atoms with E-state index in [0.29, 0.717) is 48.2 Å². The topological polar surface area (TPSA) is 203 Å². The van der Waals surface area contributed by atoms with Crippen molar-refractivity contribution in [1.82, 2.24) is 30.2 Å². The molecule has 422 valence electrons. The molecule has 1 fully saturated rings. The number of ether oxygens (including phenoxy) is 1.